The lowest BCUT2D eigenvalue weighted by molar-refractivity contribution is 0.185. The van der Waals surface area contributed by atoms with Gasteiger partial charge in [-0.3, -0.25) is 9.78 Å². The summed E-state index contributed by atoms with van der Waals surface area (Å²) in [5, 5.41) is 3.68. The van der Waals surface area contributed by atoms with E-state index in [4.69, 9.17) is 10.5 Å². The Balaban J connectivity index is 1.72. The standard InChI is InChI=1S/C14H18N4O2/c15-10-1-2-12-11(7-10)13(19)18-14(17-12)16-5-3-9-4-6-20-8-9/h1-2,7,9H,3-6,8,15H2,(H2,16,17,18,19). The summed E-state index contributed by atoms with van der Waals surface area (Å²) < 4.78 is 5.33. The fourth-order valence-electron chi connectivity index (χ4n) is 2.45. The van der Waals surface area contributed by atoms with Gasteiger partial charge in [0.05, 0.1) is 10.9 Å². The SMILES string of the molecule is Nc1ccc2nc(NCCC3CCOC3)[nH]c(=O)c2c1. The van der Waals surface area contributed by atoms with E-state index in [1.54, 1.807) is 18.2 Å². The molecule has 1 unspecified atom stereocenters. The second kappa shape index (κ2) is 5.50. The molecule has 0 aliphatic carbocycles. The molecule has 1 saturated heterocycles. The third-order valence-corrected chi connectivity index (χ3v) is 3.60. The summed E-state index contributed by atoms with van der Waals surface area (Å²) in [7, 11) is 0. The van der Waals surface area contributed by atoms with E-state index < -0.39 is 0 Å². The Kier molecular flexibility index (Phi) is 3.56. The summed E-state index contributed by atoms with van der Waals surface area (Å²) in [6, 6.07) is 5.14. The molecule has 1 aromatic heterocycles. The third-order valence-electron chi connectivity index (χ3n) is 3.60. The Morgan fingerprint density at radius 1 is 1.50 bits per heavy atom. The number of ether oxygens (including phenoxy) is 1. The normalized spacial score (nSPS) is 18.5. The number of H-pyrrole nitrogens is 1. The van der Waals surface area contributed by atoms with Crippen LogP contribution in [0, 0.1) is 5.92 Å². The first kappa shape index (κ1) is 12.9. The predicted molar refractivity (Wildman–Crippen MR) is 78.8 cm³/mol. The van der Waals surface area contributed by atoms with Crippen molar-refractivity contribution in [1.29, 1.82) is 0 Å². The topological polar surface area (TPSA) is 93.0 Å². The fourth-order valence-corrected chi connectivity index (χ4v) is 2.45. The van der Waals surface area contributed by atoms with E-state index >= 15 is 0 Å². The summed E-state index contributed by atoms with van der Waals surface area (Å²) in [6.45, 7) is 2.47. The zero-order chi connectivity index (χ0) is 13.9. The van der Waals surface area contributed by atoms with E-state index in [0.717, 1.165) is 32.6 Å². The molecule has 6 heteroatoms. The van der Waals surface area contributed by atoms with Crippen LogP contribution in [0.3, 0.4) is 0 Å². The van der Waals surface area contributed by atoms with Crippen molar-refractivity contribution < 1.29 is 4.74 Å². The molecule has 106 valence electrons. The van der Waals surface area contributed by atoms with E-state index in [1.807, 2.05) is 0 Å². The molecule has 2 aromatic rings. The number of aromatic nitrogens is 2. The number of hydrogen-bond acceptors (Lipinski definition) is 5. The zero-order valence-corrected chi connectivity index (χ0v) is 11.2. The highest BCUT2D eigenvalue weighted by molar-refractivity contribution is 5.81. The molecule has 1 aliphatic rings. The first-order valence-corrected chi connectivity index (χ1v) is 6.83. The molecule has 20 heavy (non-hydrogen) atoms. The van der Waals surface area contributed by atoms with Gasteiger partial charge in [0.25, 0.3) is 5.56 Å². The van der Waals surface area contributed by atoms with Gasteiger partial charge in [0.1, 0.15) is 0 Å². The van der Waals surface area contributed by atoms with Gasteiger partial charge in [0.2, 0.25) is 5.95 Å². The largest absolute Gasteiger partial charge is 0.399 e. The first-order chi connectivity index (χ1) is 9.72. The average molecular weight is 274 g/mol. The molecule has 3 rings (SSSR count). The van der Waals surface area contributed by atoms with Crippen molar-refractivity contribution in [3.63, 3.8) is 0 Å². The molecule has 2 heterocycles. The van der Waals surface area contributed by atoms with Crippen LogP contribution in [0.1, 0.15) is 12.8 Å². The van der Waals surface area contributed by atoms with Crippen LogP contribution in [-0.2, 0) is 4.74 Å². The highest BCUT2D eigenvalue weighted by atomic mass is 16.5. The lowest BCUT2D eigenvalue weighted by Gasteiger charge is -2.09. The Bertz CT molecular complexity index is 662. The Labute approximate surface area is 116 Å². The summed E-state index contributed by atoms with van der Waals surface area (Å²) in [5.74, 6) is 1.11. The average Bonchev–Trinajstić information content (AvgIpc) is 2.93. The van der Waals surface area contributed by atoms with Crippen LogP contribution >= 0.6 is 0 Å². The van der Waals surface area contributed by atoms with Crippen LogP contribution in [0.2, 0.25) is 0 Å². The maximum absolute atomic E-state index is 12.0. The Morgan fingerprint density at radius 2 is 2.40 bits per heavy atom. The molecule has 0 radical (unpaired) electrons. The highest BCUT2D eigenvalue weighted by Gasteiger charge is 2.15. The second-order valence-corrected chi connectivity index (χ2v) is 5.14. The van der Waals surface area contributed by atoms with E-state index in [0.29, 0.717) is 28.5 Å². The molecule has 1 aliphatic heterocycles. The fraction of sp³-hybridized carbons (Fsp3) is 0.429. The molecular formula is C14H18N4O2. The van der Waals surface area contributed by atoms with Crippen molar-refractivity contribution >= 4 is 22.5 Å². The number of nitrogens with two attached hydrogens (primary N) is 1. The van der Waals surface area contributed by atoms with Crippen LogP contribution < -0.4 is 16.6 Å². The van der Waals surface area contributed by atoms with E-state index in [-0.39, 0.29) is 5.56 Å². The quantitative estimate of drug-likeness (QED) is 0.732. The van der Waals surface area contributed by atoms with Gasteiger partial charge in [-0.05, 0) is 37.0 Å². The number of nitrogens with one attached hydrogen (secondary N) is 2. The minimum absolute atomic E-state index is 0.172. The van der Waals surface area contributed by atoms with Crippen LogP contribution in [0.15, 0.2) is 23.0 Å². The van der Waals surface area contributed by atoms with Gasteiger partial charge in [0.15, 0.2) is 0 Å². The molecular weight excluding hydrogens is 256 g/mol. The minimum atomic E-state index is -0.172. The smallest absolute Gasteiger partial charge is 0.260 e. The molecule has 1 atom stereocenters. The molecule has 6 nitrogen and oxygen atoms in total. The van der Waals surface area contributed by atoms with E-state index in [2.05, 4.69) is 15.3 Å². The van der Waals surface area contributed by atoms with Crippen molar-refractivity contribution in [3.05, 3.63) is 28.6 Å². The number of rotatable bonds is 4. The van der Waals surface area contributed by atoms with Crippen molar-refractivity contribution in [1.82, 2.24) is 9.97 Å². The molecule has 0 bridgehead atoms. The van der Waals surface area contributed by atoms with Crippen LogP contribution in [0.5, 0.6) is 0 Å². The van der Waals surface area contributed by atoms with Gasteiger partial charge in [-0.1, -0.05) is 0 Å². The molecule has 1 fully saturated rings. The number of nitrogen functional groups attached to an aromatic ring is 1. The van der Waals surface area contributed by atoms with Crippen molar-refractivity contribution in [3.8, 4) is 0 Å². The van der Waals surface area contributed by atoms with Crippen LogP contribution in [0.4, 0.5) is 11.6 Å². The van der Waals surface area contributed by atoms with E-state index in [1.165, 1.54) is 0 Å². The van der Waals surface area contributed by atoms with Gasteiger partial charge in [0, 0.05) is 25.4 Å². The van der Waals surface area contributed by atoms with Gasteiger partial charge < -0.3 is 15.8 Å². The number of anilines is 2. The number of hydrogen-bond donors (Lipinski definition) is 3. The van der Waals surface area contributed by atoms with E-state index in [9.17, 15) is 4.79 Å². The summed E-state index contributed by atoms with van der Waals surface area (Å²) in [5.41, 5.74) is 6.71. The summed E-state index contributed by atoms with van der Waals surface area (Å²) in [6.07, 6.45) is 2.13. The second-order valence-electron chi connectivity index (χ2n) is 5.14. The predicted octanol–water partition coefficient (Wildman–Crippen LogP) is 1.34. The van der Waals surface area contributed by atoms with Crippen LogP contribution in [-0.4, -0.2) is 29.7 Å². The van der Waals surface area contributed by atoms with Gasteiger partial charge in [-0.2, -0.15) is 0 Å². The number of fused-ring (bicyclic) bond motifs is 1. The van der Waals surface area contributed by atoms with Crippen LogP contribution in [0.25, 0.3) is 10.9 Å². The third kappa shape index (κ3) is 2.75. The van der Waals surface area contributed by atoms with Crippen molar-refractivity contribution in [2.45, 2.75) is 12.8 Å². The van der Waals surface area contributed by atoms with Gasteiger partial charge in [-0.25, -0.2) is 4.98 Å². The number of nitrogens with zero attached hydrogens (tertiary/aromatic N) is 1. The Hall–Kier alpha value is -2.08. The lowest BCUT2D eigenvalue weighted by Crippen LogP contribution is -2.16. The first-order valence-electron chi connectivity index (χ1n) is 6.83. The van der Waals surface area contributed by atoms with Crippen molar-refractivity contribution in [2.75, 3.05) is 30.8 Å². The molecule has 0 saturated carbocycles. The highest BCUT2D eigenvalue weighted by Crippen LogP contribution is 2.16. The maximum atomic E-state index is 12.0. The molecule has 0 spiro atoms. The molecule has 4 N–H and O–H groups in total. The Morgan fingerprint density at radius 3 is 3.20 bits per heavy atom. The minimum Gasteiger partial charge on any atom is -0.399 e. The number of benzene rings is 1. The molecule has 1 aromatic carbocycles. The summed E-state index contributed by atoms with van der Waals surface area (Å²) >= 11 is 0. The lowest BCUT2D eigenvalue weighted by atomic mass is 10.1. The number of aromatic amines is 1. The maximum Gasteiger partial charge on any atom is 0.260 e. The molecule has 0 amide bonds. The zero-order valence-electron chi connectivity index (χ0n) is 11.2. The summed E-state index contributed by atoms with van der Waals surface area (Å²) in [4.78, 5) is 19.1. The monoisotopic (exact) mass is 274 g/mol. The van der Waals surface area contributed by atoms with Gasteiger partial charge >= 0.3 is 0 Å². The van der Waals surface area contributed by atoms with Crippen molar-refractivity contribution in [2.24, 2.45) is 5.92 Å². The van der Waals surface area contributed by atoms with Gasteiger partial charge in [-0.15, -0.1) is 0 Å².